The van der Waals surface area contributed by atoms with Crippen molar-refractivity contribution in [3.05, 3.63) is 33.9 Å². The zero-order valence-corrected chi connectivity index (χ0v) is 11.5. The van der Waals surface area contributed by atoms with Gasteiger partial charge >= 0.3 is 5.97 Å². The number of ether oxygens (including phenoxy) is 1. The van der Waals surface area contributed by atoms with Gasteiger partial charge in [-0.25, -0.2) is 4.79 Å². The number of benzene rings is 1. The van der Waals surface area contributed by atoms with Gasteiger partial charge in [0.25, 0.3) is 5.69 Å². The summed E-state index contributed by atoms with van der Waals surface area (Å²) >= 11 is 0. The van der Waals surface area contributed by atoms with Gasteiger partial charge in [0, 0.05) is 37.9 Å². The lowest BCUT2D eigenvalue weighted by molar-refractivity contribution is -0.385. The van der Waals surface area contributed by atoms with Gasteiger partial charge in [0.1, 0.15) is 5.56 Å². The molecule has 20 heavy (non-hydrogen) atoms. The van der Waals surface area contributed by atoms with E-state index in [1.165, 1.54) is 19.2 Å². The van der Waals surface area contributed by atoms with Crippen molar-refractivity contribution in [2.75, 3.05) is 45.2 Å². The molecule has 2 rings (SSSR count). The Labute approximate surface area is 116 Å². The fourth-order valence-corrected chi connectivity index (χ4v) is 2.21. The average Bonchev–Trinajstić information content (AvgIpc) is 2.46. The summed E-state index contributed by atoms with van der Waals surface area (Å²) in [6, 6.07) is 4.62. The minimum absolute atomic E-state index is 0.0182. The standard InChI is InChI=1S/C13H17N3O4/c1-14-5-7-15(8-6-14)10-3-4-11(13(17)20-2)12(9-10)16(18)19/h3-4,9H,5-8H2,1-2H3. The van der Waals surface area contributed by atoms with Gasteiger partial charge in [0.2, 0.25) is 0 Å². The second kappa shape index (κ2) is 5.87. The van der Waals surface area contributed by atoms with Crippen LogP contribution in [0.5, 0.6) is 0 Å². The number of likely N-dealkylation sites (N-methyl/N-ethyl adjacent to an activating group) is 1. The topological polar surface area (TPSA) is 75.9 Å². The van der Waals surface area contributed by atoms with Gasteiger partial charge in [-0.3, -0.25) is 10.1 Å². The van der Waals surface area contributed by atoms with Crippen LogP contribution in [0.3, 0.4) is 0 Å². The molecule has 7 nitrogen and oxygen atoms in total. The first-order valence-electron chi connectivity index (χ1n) is 6.33. The number of rotatable bonds is 3. The monoisotopic (exact) mass is 279 g/mol. The molecule has 7 heteroatoms. The summed E-state index contributed by atoms with van der Waals surface area (Å²) in [5.74, 6) is -0.693. The first kappa shape index (κ1) is 14.3. The molecular formula is C13H17N3O4. The highest BCUT2D eigenvalue weighted by Gasteiger charge is 2.23. The van der Waals surface area contributed by atoms with Gasteiger partial charge < -0.3 is 14.5 Å². The number of methoxy groups -OCH3 is 1. The van der Waals surface area contributed by atoms with E-state index in [9.17, 15) is 14.9 Å². The minimum Gasteiger partial charge on any atom is -0.465 e. The number of nitro benzene ring substituents is 1. The number of carbonyl (C=O) groups excluding carboxylic acids is 1. The summed E-state index contributed by atoms with van der Waals surface area (Å²) in [5, 5.41) is 11.1. The van der Waals surface area contributed by atoms with E-state index in [1.807, 2.05) is 7.05 Å². The highest BCUT2D eigenvalue weighted by atomic mass is 16.6. The zero-order chi connectivity index (χ0) is 14.7. The van der Waals surface area contributed by atoms with Gasteiger partial charge in [-0.2, -0.15) is 0 Å². The molecule has 108 valence electrons. The van der Waals surface area contributed by atoms with Crippen molar-refractivity contribution in [1.82, 2.24) is 4.90 Å². The van der Waals surface area contributed by atoms with Crippen LogP contribution in [0.15, 0.2) is 18.2 Å². The van der Waals surface area contributed by atoms with Crippen LogP contribution in [0.2, 0.25) is 0 Å². The second-order valence-corrected chi connectivity index (χ2v) is 4.74. The van der Waals surface area contributed by atoms with Gasteiger partial charge in [-0.05, 0) is 19.2 Å². The average molecular weight is 279 g/mol. The first-order valence-corrected chi connectivity index (χ1v) is 6.33. The lowest BCUT2D eigenvalue weighted by atomic mass is 10.1. The van der Waals surface area contributed by atoms with Crippen LogP contribution in [0.1, 0.15) is 10.4 Å². The van der Waals surface area contributed by atoms with Crippen molar-refractivity contribution in [1.29, 1.82) is 0 Å². The molecule has 0 spiro atoms. The normalized spacial score (nSPS) is 16.0. The summed E-state index contributed by atoms with van der Waals surface area (Å²) in [6.07, 6.45) is 0. The highest BCUT2D eigenvalue weighted by Crippen LogP contribution is 2.26. The highest BCUT2D eigenvalue weighted by molar-refractivity contribution is 5.94. The van der Waals surface area contributed by atoms with Crippen LogP contribution in [0.4, 0.5) is 11.4 Å². The zero-order valence-electron chi connectivity index (χ0n) is 11.5. The van der Waals surface area contributed by atoms with Crippen molar-refractivity contribution in [2.24, 2.45) is 0 Å². The molecule has 0 atom stereocenters. The van der Waals surface area contributed by atoms with E-state index in [2.05, 4.69) is 14.5 Å². The molecule has 0 radical (unpaired) electrons. The number of piperazine rings is 1. The number of anilines is 1. The van der Waals surface area contributed by atoms with Crippen LogP contribution >= 0.6 is 0 Å². The van der Waals surface area contributed by atoms with E-state index in [4.69, 9.17) is 0 Å². The van der Waals surface area contributed by atoms with Crippen molar-refractivity contribution in [2.45, 2.75) is 0 Å². The summed E-state index contributed by atoms with van der Waals surface area (Å²) in [6.45, 7) is 3.44. The Morgan fingerprint density at radius 2 is 1.95 bits per heavy atom. The largest absolute Gasteiger partial charge is 0.465 e. The Hall–Kier alpha value is -2.15. The van der Waals surface area contributed by atoms with Crippen LogP contribution in [-0.4, -0.2) is 56.1 Å². The molecule has 0 bridgehead atoms. The van der Waals surface area contributed by atoms with E-state index >= 15 is 0 Å². The lowest BCUT2D eigenvalue weighted by Crippen LogP contribution is -2.44. The van der Waals surface area contributed by atoms with Crippen molar-refractivity contribution < 1.29 is 14.5 Å². The summed E-state index contributed by atoms with van der Waals surface area (Å²) in [4.78, 5) is 26.4. The van der Waals surface area contributed by atoms with E-state index in [0.717, 1.165) is 31.9 Å². The molecule has 0 aliphatic carbocycles. The van der Waals surface area contributed by atoms with Crippen LogP contribution in [-0.2, 0) is 4.74 Å². The van der Waals surface area contributed by atoms with Crippen LogP contribution in [0.25, 0.3) is 0 Å². The van der Waals surface area contributed by atoms with E-state index in [-0.39, 0.29) is 11.3 Å². The molecule has 1 heterocycles. The van der Waals surface area contributed by atoms with Crippen molar-refractivity contribution in [3.8, 4) is 0 Å². The molecule has 0 aromatic heterocycles. The summed E-state index contributed by atoms with van der Waals surface area (Å²) in [7, 11) is 3.25. The smallest absolute Gasteiger partial charge is 0.344 e. The fraction of sp³-hybridized carbons (Fsp3) is 0.462. The Bertz CT molecular complexity index is 524. The summed E-state index contributed by atoms with van der Waals surface area (Å²) in [5.41, 5.74) is 0.529. The van der Waals surface area contributed by atoms with Crippen molar-refractivity contribution in [3.63, 3.8) is 0 Å². The fourth-order valence-electron chi connectivity index (χ4n) is 2.21. The molecule has 0 amide bonds. The second-order valence-electron chi connectivity index (χ2n) is 4.74. The van der Waals surface area contributed by atoms with E-state index in [1.54, 1.807) is 6.07 Å². The third-order valence-electron chi connectivity index (χ3n) is 3.45. The number of nitro groups is 1. The molecule has 1 aliphatic rings. The number of carbonyl (C=O) groups is 1. The molecule has 1 aromatic rings. The Balaban J connectivity index is 2.30. The molecular weight excluding hydrogens is 262 g/mol. The van der Waals surface area contributed by atoms with Gasteiger partial charge in [-0.15, -0.1) is 0 Å². The number of hydrogen-bond donors (Lipinski definition) is 0. The number of esters is 1. The van der Waals surface area contributed by atoms with Crippen molar-refractivity contribution >= 4 is 17.3 Å². The van der Waals surface area contributed by atoms with E-state index < -0.39 is 10.9 Å². The number of hydrogen-bond acceptors (Lipinski definition) is 6. The molecule has 1 saturated heterocycles. The van der Waals surface area contributed by atoms with Crippen LogP contribution < -0.4 is 4.90 Å². The van der Waals surface area contributed by atoms with E-state index in [0.29, 0.717) is 0 Å². The minimum atomic E-state index is -0.693. The Morgan fingerprint density at radius 3 is 2.50 bits per heavy atom. The Morgan fingerprint density at radius 1 is 1.30 bits per heavy atom. The molecule has 1 fully saturated rings. The predicted molar refractivity (Wildman–Crippen MR) is 74.1 cm³/mol. The number of nitrogens with zero attached hydrogens (tertiary/aromatic N) is 3. The third kappa shape index (κ3) is 2.88. The maximum absolute atomic E-state index is 11.5. The quantitative estimate of drug-likeness (QED) is 0.469. The van der Waals surface area contributed by atoms with Gasteiger partial charge in [0.05, 0.1) is 12.0 Å². The third-order valence-corrected chi connectivity index (χ3v) is 3.45. The Kier molecular flexibility index (Phi) is 4.19. The SMILES string of the molecule is COC(=O)c1ccc(N2CCN(C)CC2)cc1[N+](=O)[O-]. The predicted octanol–water partition coefficient (Wildman–Crippen LogP) is 1.13. The lowest BCUT2D eigenvalue weighted by Gasteiger charge is -2.34. The van der Waals surface area contributed by atoms with Gasteiger partial charge in [0.15, 0.2) is 0 Å². The molecule has 0 saturated carbocycles. The first-order chi connectivity index (χ1) is 9.52. The maximum atomic E-state index is 11.5. The molecule has 0 N–H and O–H groups in total. The molecule has 0 unspecified atom stereocenters. The maximum Gasteiger partial charge on any atom is 0.344 e. The molecule has 1 aliphatic heterocycles. The molecule has 1 aromatic carbocycles. The summed E-state index contributed by atoms with van der Waals surface area (Å²) < 4.78 is 4.56. The van der Waals surface area contributed by atoms with Crippen LogP contribution in [0, 0.1) is 10.1 Å². The van der Waals surface area contributed by atoms with Gasteiger partial charge in [-0.1, -0.05) is 0 Å².